The Morgan fingerprint density at radius 1 is 1.20 bits per heavy atom. The van der Waals surface area contributed by atoms with Crippen LogP contribution in [0.1, 0.15) is 62.4 Å². The van der Waals surface area contributed by atoms with E-state index in [4.69, 9.17) is 26.1 Å². The summed E-state index contributed by atoms with van der Waals surface area (Å²) in [6.07, 6.45) is 5.97. The van der Waals surface area contributed by atoms with Gasteiger partial charge in [-0.1, -0.05) is 40.9 Å². The van der Waals surface area contributed by atoms with E-state index in [9.17, 15) is 4.79 Å². The standard InChI is InChI=1S/C29H38BrClN6O3/c1-4-6-24-19-36(26-25(31)17-21(18-32-26)27-33-34-29(3,40-27)39-5-2)15-16-37(24)23-11-13-35(14-12-23)28(38)20-7-9-22(30)10-8-20/h7-10,17-18,23-24,34H,4-6,11-16,19H2,1-3H3/t24-,29?/m0/s1. The molecule has 40 heavy (non-hydrogen) atoms. The Bertz CT molecular complexity index is 1220. The zero-order valence-corrected chi connectivity index (χ0v) is 25.7. The van der Waals surface area contributed by atoms with Crippen molar-refractivity contribution >= 4 is 45.2 Å². The molecule has 3 aliphatic heterocycles. The Kier molecular flexibility index (Phi) is 9.19. The summed E-state index contributed by atoms with van der Waals surface area (Å²) in [6.45, 7) is 10.7. The number of pyridine rings is 1. The van der Waals surface area contributed by atoms with Crippen LogP contribution in [-0.4, -0.2) is 83.9 Å². The summed E-state index contributed by atoms with van der Waals surface area (Å²) < 4.78 is 12.4. The number of hydrogen-bond donors (Lipinski definition) is 1. The van der Waals surface area contributed by atoms with Crippen LogP contribution < -0.4 is 10.3 Å². The number of piperidine rings is 1. The quantitative estimate of drug-likeness (QED) is 0.434. The van der Waals surface area contributed by atoms with E-state index in [1.807, 2.05) is 42.2 Å². The normalized spacial score (nSPS) is 24.0. The molecule has 2 aromatic rings. The van der Waals surface area contributed by atoms with Crippen LogP contribution in [0.25, 0.3) is 0 Å². The van der Waals surface area contributed by atoms with Gasteiger partial charge >= 0.3 is 5.91 Å². The first kappa shape index (κ1) is 29.1. The summed E-state index contributed by atoms with van der Waals surface area (Å²) in [7, 11) is 0. The van der Waals surface area contributed by atoms with E-state index in [0.29, 0.717) is 35.2 Å². The molecule has 4 heterocycles. The first-order valence-electron chi connectivity index (χ1n) is 14.2. The predicted octanol–water partition coefficient (Wildman–Crippen LogP) is 5.08. The minimum absolute atomic E-state index is 0.123. The molecule has 1 aromatic heterocycles. The molecule has 11 heteroatoms. The second kappa shape index (κ2) is 12.6. The first-order chi connectivity index (χ1) is 19.3. The van der Waals surface area contributed by atoms with Gasteiger partial charge in [-0.15, -0.1) is 5.10 Å². The third kappa shape index (κ3) is 6.40. The number of benzene rings is 1. The van der Waals surface area contributed by atoms with Crippen molar-refractivity contribution in [2.24, 2.45) is 5.10 Å². The molecule has 5 rings (SSSR count). The SMILES string of the molecule is CCC[C@H]1CN(c2ncc(C3=NNC(C)(OCC)O3)cc2Cl)CCN1C1CCN(C(=O)c2ccc(Br)cc2)CC1. The van der Waals surface area contributed by atoms with Crippen LogP contribution in [0.5, 0.6) is 0 Å². The van der Waals surface area contributed by atoms with Gasteiger partial charge in [0.25, 0.3) is 5.91 Å². The van der Waals surface area contributed by atoms with Crippen molar-refractivity contribution < 1.29 is 14.3 Å². The average molecular weight is 634 g/mol. The summed E-state index contributed by atoms with van der Waals surface area (Å²) in [5, 5.41) is 4.85. The van der Waals surface area contributed by atoms with Crippen molar-refractivity contribution in [3.05, 3.63) is 57.2 Å². The summed E-state index contributed by atoms with van der Waals surface area (Å²) >= 11 is 10.2. The van der Waals surface area contributed by atoms with Gasteiger partial charge in [0.2, 0.25) is 5.90 Å². The van der Waals surface area contributed by atoms with Gasteiger partial charge in [0.1, 0.15) is 5.82 Å². The number of aromatic nitrogens is 1. The molecule has 2 atom stereocenters. The fourth-order valence-electron chi connectivity index (χ4n) is 5.93. The van der Waals surface area contributed by atoms with E-state index in [2.05, 4.69) is 43.2 Å². The van der Waals surface area contributed by atoms with Gasteiger partial charge in [0.15, 0.2) is 0 Å². The number of anilines is 1. The second-order valence-electron chi connectivity index (χ2n) is 10.7. The number of nitrogens with one attached hydrogen (secondary N) is 1. The molecular weight excluding hydrogens is 596 g/mol. The number of carbonyl (C=O) groups is 1. The monoisotopic (exact) mass is 632 g/mol. The lowest BCUT2D eigenvalue weighted by Gasteiger charge is -2.48. The zero-order chi connectivity index (χ0) is 28.3. The van der Waals surface area contributed by atoms with Gasteiger partial charge in [-0.3, -0.25) is 9.69 Å². The minimum Gasteiger partial charge on any atom is -0.424 e. The largest absolute Gasteiger partial charge is 0.424 e. The van der Waals surface area contributed by atoms with Gasteiger partial charge < -0.3 is 19.3 Å². The maximum atomic E-state index is 13.0. The number of hydrogen-bond acceptors (Lipinski definition) is 8. The molecule has 9 nitrogen and oxygen atoms in total. The first-order valence-corrected chi connectivity index (χ1v) is 15.4. The highest BCUT2D eigenvalue weighted by atomic mass is 79.9. The molecule has 2 saturated heterocycles. The van der Waals surface area contributed by atoms with Gasteiger partial charge in [-0.25, -0.2) is 10.4 Å². The molecule has 216 valence electrons. The van der Waals surface area contributed by atoms with Crippen LogP contribution in [0.2, 0.25) is 5.02 Å². The number of likely N-dealkylation sites (tertiary alicyclic amines) is 1. The van der Waals surface area contributed by atoms with E-state index < -0.39 is 5.91 Å². The highest BCUT2D eigenvalue weighted by molar-refractivity contribution is 9.10. The Balaban J connectivity index is 1.20. The second-order valence-corrected chi connectivity index (χ2v) is 12.0. The molecule has 0 saturated carbocycles. The average Bonchev–Trinajstić information content (AvgIpc) is 3.35. The lowest BCUT2D eigenvalue weighted by atomic mass is 9.97. The maximum Gasteiger partial charge on any atom is 0.305 e. The van der Waals surface area contributed by atoms with E-state index in [0.717, 1.165) is 74.3 Å². The third-order valence-electron chi connectivity index (χ3n) is 7.90. The van der Waals surface area contributed by atoms with Crippen LogP contribution >= 0.6 is 27.5 Å². The van der Waals surface area contributed by atoms with Crippen LogP contribution in [0, 0.1) is 0 Å². The molecule has 1 amide bonds. The van der Waals surface area contributed by atoms with Gasteiger partial charge in [-0.05, 0) is 56.5 Å². The molecule has 1 N–H and O–H groups in total. The van der Waals surface area contributed by atoms with Crippen LogP contribution in [0.4, 0.5) is 5.82 Å². The number of piperazine rings is 1. The van der Waals surface area contributed by atoms with Crippen molar-refractivity contribution in [2.45, 2.75) is 64.4 Å². The molecule has 3 aliphatic rings. The summed E-state index contributed by atoms with van der Waals surface area (Å²) in [5.74, 6) is 0.342. The van der Waals surface area contributed by atoms with Gasteiger partial charge in [-0.2, -0.15) is 0 Å². The number of nitrogens with zero attached hydrogens (tertiary/aromatic N) is 5. The predicted molar refractivity (Wildman–Crippen MR) is 161 cm³/mol. The lowest BCUT2D eigenvalue weighted by molar-refractivity contribution is -0.182. The van der Waals surface area contributed by atoms with E-state index >= 15 is 0 Å². The lowest BCUT2D eigenvalue weighted by Crippen LogP contribution is -2.59. The van der Waals surface area contributed by atoms with Crippen molar-refractivity contribution in [3.8, 4) is 0 Å². The summed E-state index contributed by atoms with van der Waals surface area (Å²) in [6, 6.07) is 10.4. The van der Waals surface area contributed by atoms with Crippen molar-refractivity contribution in [3.63, 3.8) is 0 Å². The van der Waals surface area contributed by atoms with Crippen LogP contribution in [0.15, 0.2) is 46.1 Å². The number of rotatable bonds is 8. The number of halogens is 2. The number of carbonyl (C=O) groups excluding carboxylic acids is 1. The Hall–Kier alpha value is -2.40. The van der Waals surface area contributed by atoms with Crippen LogP contribution in [-0.2, 0) is 9.47 Å². The highest BCUT2D eigenvalue weighted by Crippen LogP contribution is 2.31. The van der Waals surface area contributed by atoms with Gasteiger partial charge in [0.05, 0.1) is 17.2 Å². The third-order valence-corrected chi connectivity index (χ3v) is 8.71. The maximum absolute atomic E-state index is 13.0. The molecule has 0 bridgehead atoms. The molecule has 2 fully saturated rings. The fraction of sp³-hybridized carbons (Fsp3) is 0.552. The molecule has 0 radical (unpaired) electrons. The number of hydrazone groups is 1. The smallest absolute Gasteiger partial charge is 0.305 e. The Labute approximate surface area is 250 Å². The van der Waals surface area contributed by atoms with E-state index in [1.54, 1.807) is 13.1 Å². The Morgan fingerprint density at radius 3 is 2.62 bits per heavy atom. The highest BCUT2D eigenvalue weighted by Gasteiger charge is 2.37. The topological polar surface area (TPSA) is 82.5 Å². The van der Waals surface area contributed by atoms with E-state index in [1.165, 1.54) is 0 Å². The minimum atomic E-state index is -0.985. The number of amides is 1. The van der Waals surface area contributed by atoms with Crippen molar-refractivity contribution in [1.82, 2.24) is 20.2 Å². The summed E-state index contributed by atoms with van der Waals surface area (Å²) in [5.41, 5.74) is 4.35. The molecule has 1 aromatic carbocycles. The van der Waals surface area contributed by atoms with E-state index in [-0.39, 0.29) is 5.91 Å². The molecule has 0 aliphatic carbocycles. The van der Waals surface area contributed by atoms with Crippen molar-refractivity contribution in [2.75, 3.05) is 44.2 Å². The molecule has 1 unspecified atom stereocenters. The fourth-order valence-corrected chi connectivity index (χ4v) is 6.48. The van der Waals surface area contributed by atoms with Gasteiger partial charge in [0, 0.05) is 68.0 Å². The van der Waals surface area contributed by atoms with Crippen LogP contribution in [0.3, 0.4) is 0 Å². The number of ether oxygens (including phenoxy) is 2. The van der Waals surface area contributed by atoms with Crippen molar-refractivity contribution in [1.29, 1.82) is 0 Å². The summed E-state index contributed by atoms with van der Waals surface area (Å²) in [4.78, 5) is 24.7. The zero-order valence-electron chi connectivity index (χ0n) is 23.4. The molecular formula is C29H38BrClN6O3. The molecule has 0 spiro atoms. The Morgan fingerprint density at radius 2 is 1.95 bits per heavy atom.